The minimum absolute atomic E-state index is 0. The lowest BCUT2D eigenvalue weighted by Crippen LogP contribution is -2.39. The van der Waals surface area contributed by atoms with Crippen molar-refractivity contribution >= 4 is 41.5 Å². The maximum Gasteiger partial charge on any atom is 0.190 e. The largest absolute Gasteiger partial charge is 0.381 e. The van der Waals surface area contributed by atoms with E-state index >= 15 is 0 Å². The third kappa shape index (κ3) is 9.63. The van der Waals surface area contributed by atoms with Crippen molar-refractivity contribution in [3.63, 3.8) is 0 Å². The predicted molar refractivity (Wildman–Crippen MR) is 114 cm³/mol. The van der Waals surface area contributed by atoms with Gasteiger partial charge in [0, 0.05) is 44.3 Å². The maximum absolute atomic E-state index is 5.99. The monoisotopic (exact) mass is 481 g/mol. The Morgan fingerprint density at radius 2 is 2.20 bits per heavy atom. The van der Waals surface area contributed by atoms with Gasteiger partial charge in [0.05, 0.1) is 13.2 Å². The minimum atomic E-state index is 0. The summed E-state index contributed by atoms with van der Waals surface area (Å²) in [6, 6.07) is 7.94. The molecule has 142 valence electrons. The second-order valence-corrected chi connectivity index (χ2v) is 6.40. The van der Waals surface area contributed by atoms with Gasteiger partial charge in [-0.3, -0.25) is 4.99 Å². The Hall–Kier alpha value is -0.570. The van der Waals surface area contributed by atoms with Crippen molar-refractivity contribution in [1.29, 1.82) is 0 Å². The van der Waals surface area contributed by atoms with Crippen LogP contribution in [0.1, 0.15) is 18.4 Å². The van der Waals surface area contributed by atoms with Gasteiger partial charge in [-0.1, -0.05) is 23.7 Å². The molecule has 1 unspecified atom stereocenters. The van der Waals surface area contributed by atoms with Crippen LogP contribution in [0.2, 0.25) is 5.02 Å². The van der Waals surface area contributed by atoms with Crippen LogP contribution in [0.3, 0.4) is 0 Å². The third-order valence-corrected chi connectivity index (χ3v) is 4.19. The Bertz CT molecular complexity index is 511. The normalized spacial score (nSPS) is 17.2. The highest BCUT2D eigenvalue weighted by atomic mass is 127. The zero-order chi connectivity index (χ0) is 17.0. The number of nitrogens with one attached hydrogen (secondary N) is 2. The molecule has 1 aliphatic rings. The highest BCUT2D eigenvalue weighted by molar-refractivity contribution is 14.0. The summed E-state index contributed by atoms with van der Waals surface area (Å²) in [5, 5.41) is 7.39. The van der Waals surface area contributed by atoms with Gasteiger partial charge in [-0.05, 0) is 37.0 Å². The topological polar surface area (TPSA) is 54.9 Å². The summed E-state index contributed by atoms with van der Waals surface area (Å²) < 4.78 is 11.0. The zero-order valence-corrected chi connectivity index (χ0v) is 17.9. The van der Waals surface area contributed by atoms with Crippen LogP contribution in [0.5, 0.6) is 0 Å². The van der Waals surface area contributed by atoms with Gasteiger partial charge in [-0.2, -0.15) is 0 Å². The van der Waals surface area contributed by atoms with Crippen molar-refractivity contribution in [3.8, 4) is 0 Å². The number of aliphatic imine (C=N–C) groups is 1. The molecule has 1 saturated heterocycles. The first kappa shape index (κ1) is 22.5. The van der Waals surface area contributed by atoms with Crippen LogP contribution in [-0.4, -0.2) is 52.5 Å². The lowest BCUT2D eigenvalue weighted by atomic mass is 10.1. The standard InChI is InChI=1S/C18H28ClN3O2.HI/c1-20-18(22-9-6-15-4-2-5-17(19)12-15)21-8-3-10-23-13-16-7-11-24-14-16;/h2,4-5,12,16H,3,6-11,13-14H2,1H3,(H2,20,21,22);1H. The molecule has 0 amide bonds. The number of nitrogens with zero attached hydrogens (tertiary/aromatic N) is 1. The second-order valence-electron chi connectivity index (χ2n) is 5.96. The summed E-state index contributed by atoms with van der Waals surface area (Å²) in [5.41, 5.74) is 1.22. The Labute approximate surface area is 172 Å². The fourth-order valence-electron chi connectivity index (χ4n) is 2.58. The molecule has 0 bridgehead atoms. The molecular formula is C18H29ClIN3O2. The maximum atomic E-state index is 5.99. The summed E-state index contributed by atoms with van der Waals surface area (Å²) in [7, 11) is 1.78. The van der Waals surface area contributed by atoms with Crippen molar-refractivity contribution in [2.24, 2.45) is 10.9 Å². The van der Waals surface area contributed by atoms with Crippen molar-refractivity contribution < 1.29 is 9.47 Å². The smallest absolute Gasteiger partial charge is 0.190 e. The SMILES string of the molecule is CN=C(NCCCOCC1CCOC1)NCCc1cccc(Cl)c1.I. The van der Waals surface area contributed by atoms with Crippen molar-refractivity contribution in [3.05, 3.63) is 34.9 Å². The van der Waals surface area contributed by atoms with E-state index in [0.29, 0.717) is 5.92 Å². The number of ether oxygens (including phenoxy) is 2. The van der Waals surface area contributed by atoms with Crippen LogP contribution in [0.25, 0.3) is 0 Å². The summed E-state index contributed by atoms with van der Waals surface area (Å²) in [6.07, 6.45) is 3.00. The molecule has 2 N–H and O–H groups in total. The van der Waals surface area contributed by atoms with Crippen LogP contribution < -0.4 is 10.6 Å². The summed E-state index contributed by atoms with van der Waals surface area (Å²) >= 11 is 5.99. The zero-order valence-electron chi connectivity index (χ0n) is 14.8. The molecule has 1 aromatic carbocycles. The van der Waals surface area contributed by atoms with Crippen LogP contribution in [-0.2, 0) is 15.9 Å². The number of rotatable bonds is 9. The van der Waals surface area contributed by atoms with Gasteiger partial charge in [0.1, 0.15) is 0 Å². The third-order valence-electron chi connectivity index (χ3n) is 3.95. The number of halogens is 2. The molecule has 5 nitrogen and oxygen atoms in total. The van der Waals surface area contributed by atoms with Gasteiger partial charge in [-0.15, -0.1) is 24.0 Å². The molecule has 2 rings (SSSR count). The molecule has 0 aromatic heterocycles. The molecule has 0 aliphatic carbocycles. The first-order chi connectivity index (χ1) is 11.8. The van der Waals surface area contributed by atoms with Crippen LogP contribution in [0.4, 0.5) is 0 Å². The fourth-order valence-corrected chi connectivity index (χ4v) is 2.80. The number of hydrogen-bond donors (Lipinski definition) is 2. The number of benzene rings is 1. The van der Waals surface area contributed by atoms with E-state index in [-0.39, 0.29) is 24.0 Å². The van der Waals surface area contributed by atoms with Gasteiger partial charge in [0.25, 0.3) is 0 Å². The molecule has 1 fully saturated rings. The first-order valence-corrected chi connectivity index (χ1v) is 9.00. The van der Waals surface area contributed by atoms with Gasteiger partial charge in [-0.25, -0.2) is 0 Å². The molecule has 0 saturated carbocycles. The Balaban J connectivity index is 0.00000312. The van der Waals surface area contributed by atoms with Gasteiger partial charge in [0.15, 0.2) is 5.96 Å². The first-order valence-electron chi connectivity index (χ1n) is 8.62. The molecule has 0 spiro atoms. The van der Waals surface area contributed by atoms with Crippen molar-refractivity contribution in [2.75, 3.05) is 46.6 Å². The van der Waals surface area contributed by atoms with E-state index in [2.05, 4.69) is 21.7 Å². The molecule has 1 aromatic rings. The molecule has 25 heavy (non-hydrogen) atoms. The predicted octanol–water partition coefficient (Wildman–Crippen LogP) is 3.11. The van der Waals surface area contributed by atoms with Gasteiger partial charge < -0.3 is 20.1 Å². The quantitative estimate of drug-likeness (QED) is 0.246. The van der Waals surface area contributed by atoms with E-state index in [1.54, 1.807) is 7.05 Å². The second kappa shape index (κ2) is 13.6. The Morgan fingerprint density at radius 1 is 1.36 bits per heavy atom. The lowest BCUT2D eigenvalue weighted by Gasteiger charge is -2.12. The van der Waals surface area contributed by atoms with Crippen LogP contribution >= 0.6 is 35.6 Å². The highest BCUT2D eigenvalue weighted by Crippen LogP contribution is 2.12. The highest BCUT2D eigenvalue weighted by Gasteiger charge is 2.15. The van der Waals surface area contributed by atoms with Crippen LogP contribution in [0, 0.1) is 5.92 Å². The van der Waals surface area contributed by atoms with Gasteiger partial charge in [0.2, 0.25) is 0 Å². The summed E-state index contributed by atoms with van der Waals surface area (Å²) in [4.78, 5) is 4.23. The van der Waals surface area contributed by atoms with E-state index in [1.807, 2.05) is 18.2 Å². The average Bonchev–Trinajstić information content (AvgIpc) is 3.09. The average molecular weight is 482 g/mol. The van der Waals surface area contributed by atoms with E-state index < -0.39 is 0 Å². The molecule has 1 heterocycles. The summed E-state index contributed by atoms with van der Waals surface area (Å²) in [5.74, 6) is 1.40. The molecule has 1 atom stereocenters. The molecular weight excluding hydrogens is 453 g/mol. The molecule has 0 radical (unpaired) electrons. The minimum Gasteiger partial charge on any atom is -0.381 e. The van der Waals surface area contributed by atoms with E-state index in [4.69, 9.17) is 21.1 Å². The number of guanidine groups is 1. The van der Waals surface area contributed by atoms with E-state index in [0.717, 1.165) is 69.8 Å². The Kier molecular flexibility index (Phi) is 12.2. The van der Waals surface area contributed by atoms with Crippen molar-refractivity contribution in [2.45, 2.75) is 19.3 Å². The van der Waals surface area contributed by atoms with Gasteiger partial charge >= 0.3 is 0 Å². The van der Waals surface area contributed by atoms with Crippen LogP contribution in [0.15, 0.2) is 29.3 Å². The molecule has 7 heteroatoms. The molecule has 1 aliphatic heterocycles. The lowest BCUT2D eigenvalue weighted by molar-refractivity contribution is 0.0888. The Morgan fingerprint density at radius 3 is 2.92 bits per heavy atom. The number of hydrogen-bond acceptors (Lipinski definition) is 3. The fraction of sp³-hybridized carbons (Fsp3) is 0.611. The van der Waals surface area contributed by atoms with E-state index in [1.165, 1.54) is 5.56 Å². The van der Waals surface area contributed by atoms with Crippen molar-refractivity contribution in [1.82, 2.24) is 10.6 Å². The summed E-state index contributed by atoms with van der Waals surface area (Å²) in [6.45, 7) is 4.97. The van der Waals surface area contributed by atoms with E-state index in [9.17, 15) is 0 Å².